The molecule has 0 saturated carbocycles. The molecule has 160 valence electrons. The van der Waals surface area contributed by atoms with Crippen LogP contribution in [0.2, 0.25) is 0 Å². The molecule has 0 bridgehead atoms. The Balaban J connectivity index is 1.42. The molecule has 3 aromatic rings. The lowest BCUT2D eigenvalue weighted by molar-refractivity contribution is -0.125. The van der Waals surface area contributed by atoms with Crippen molar-refractivity contribution in [1.82, 2.24) is 15.3 Å². The fraction of sp³-hybridized carbons (Fsp3) is 0.292. The summed E-state index contributed by atoms with van der Waals surface area (Å²) in [6.45, 7) is 3.96. The van der Waals surface area contributed by atoms with Crippen molar-refractivity contribution in [2.45, 2.75) is 26.3 Å². The second kappa shape index (κ2) is 9.92. The molecule has 1 aromatic heterocycles. The van der Waals surface area contributed by atoms with Gasteiger partial charge in [-0.2, -0.15) is 0 Å². The zero-order valence-corrected chi connectivity index (χ0v) is 19.0. The zero-order chi connectivity index (χ0) is 21.6. The third kappa shape index (κ3) is 5.61. The van der Waals surface area contributed by atoms with Crippen LogP contribution in [0.3, 0.4) is 0 Å². The first-order chi connectivity index (χ1) is 15.1. The van der Waals surface area contributed by atoms with Gasteiger partial charge in [0, 0.05) is 36.5 Å². The average Bonchev–Trinajstić information content (AvgIpc) is 2.79. The first-order valence-electron chi connectivity index (χ1n) is 10.4. The maximum atomic E-state index is 12.8. The molecule has 1 atom stereocenters. The number of halogens is 1. The second-order valence-electron chi connectivity index (χ2n) is 7.73. The number of anilines is 1. The lowest BCUT2D eigenvalue weighted by Crippen LogP contribution is -2.43. The van der Waals surface area contributed by atoms with Gasteiger partial charge in [-0.1, -0.05) is 45.8 Å². The largest absolute Gasteiger partial charge is 0.436 e. The van der Waals surface area contributed by atoms with Gasteiger partial charge in [0.15, 0.2) is 5.82 Å². The van der Waals surface area contributed by atoms with Crippen LogP contribution in [0.4, 0.5) is 5.82 Å². The molecule has 0 aliphatic carbocycles. The normalized spacial score (nSPS) is 16.1. The smallest absolute Gasteiger partial charge is 0.263 e. The minimum absolute atomic E-state index is 0.0644. The topological polar surface area (TPSA) is 67.4 Å². The predicted octanol–water partition coefficient (Wildman–Crippen LogP) is 4.87. The molecular formula is C24H25BrN4O2. The zero-order valence-electron chi connectivity index (χ0n) is 17.4. The molecule has 1 aliphatic heterocycles. The Bertz CT molecular complexity index is 1040. The Morgan fingerprint density at radius 1 is 1.19 bits per heavy atom. The van der Waals surface area contributed by atoms with Gasteiger partial charge in [-0.15, -0.1) is 0 Å². The van der Waals surface area contributed by atoms with Crippen LogP contribution in [0.25, 0.3) is 0 Å². The summed E-state index contributed by atoms with van der Waals surface area (Å²) in [4.78, 5) is 23.8. The lowest BCUT2D eigenvalue weighted by Gasteiger charge is -2.33. The van der Waals surface area contributed by atoms with Gasteiger partial charge in [0.1, 0.15) is 5.75 Å². The number of rotatable bonds is 6. The number of nitrogens with one attached hydrogen (secondary N) is 1. The van der Waals surface area contributed by atoms with E-state index >= 15 is 0 Å². The fourth-order valence-corrected chi connectivity index (χ4v) is 4.14. The summed E-state index contributed by atoms with van der Waals surface area (Å²) in [5.41, 5.74) is 2.23. The summed E-state index contributed by atoms with van der Waals surface area (Å²) in [6, 6.07) is 15.8. The third-order valence-corrected chi connectivity index (χ3v) is 5.82. The highest BCUT2D eigenvalue weighted by atomic mass is 79.9. The molecule has 31 heavy (non-hydrogen) atoms. The Morgan fingerprint density at radius 3 is 2.81 bits per heavy atom. The van der Waals surface area contributed by atoms with Crippen LogP contribution >= 0.6 is 15.9 Å². The summed E-state index contributed by atoms with van der Waals surface area (Å²) in [5.74, 6) is 1.81. The van der Waals surface area contributed by atoms with Crippen molar-refractivity contribution in [2.24, 2.45) is 5.92 Å². The number of benzene rings is 2. The van der Waals surface area contributed by atoms with Gasteiger partial charge >= 0.3 is 0 Å². The summed E-state index contributed by atoms with van der Waals surface area (Å²) in [7, 11) is 0. The van der Waals surface area contributed by atoms with Crippen molar-refractivity contribution in [3.8, 4) is 11.6 Å². The van der Waals surface area contributed by atoms with Gasteiger partial charge in [-0.3, -0.25) is 4.79 Å². The number of aryl methyl sites for hydroxylation is 1. The molecule has 6 nitrogen and oxygen atoms in total. The molecule has 2 heterocycles. The van der Waals surface area contributed by atoms with Crippen LogP contribution in [-0.2, 0) is 11.3 Å². The monoisotopic (exact) mass is 480 g/mol. The summed E-state index contributed by atoms with van der Waals surface area (Å²) in [6.07, 6.45) is 5.05. The summed E-state index contributed by atoms with van der Waals surface area (Å²) >= 11 is 3.47. The van der Waals surface area contributed by atoms with Gasteiger partial charge in [-0.25, -0.2) is 9.97 Å². The highest BCUT2D eigenvalue weighted by Crippen LogP contribution is 2.31. The number of carbonyl (C=O) groups excluding carboxylic acids is 1. The van der Waals surface area contributed by atoms with Crippen molar-refractivity contribution in [2.75, 3.05) is 18.0 Å². The number of amides is 1. The number of ether oxygens (including phenoxy) is 1. The first-order valence-corrected chi connectivity index (χ1v) is 11.2. The van der Waals surface area contributed by atoms with Crippen LogP contribution in [0.1, 0.15) is 24.0 Å². The number of hydrogen-bond acceptors (Lipinski definition) is 5. The lowest BCUT2D eigenvalue weighted by atomic mass is 9.97. The maximum absolute atomic E-state index is 12.8. The highest BCUT2D eigenvalue weighted by molar-refractivity contribution is 9.10. The van der Waals surface area contributed by atoms with E-state index in [1.807, 2.05) is 55.5 Å². The number of piperidine rings is 1. The number of aromatic nitrogens is 2. The highest BCUT2D eigenvalue weighted by Gasteiger charge is 2.28. The molecule has 1 fully saturated rings. The van der Waals surface area contributed by atoms with Gasteiger partial charge in [0.25, 0.3) is 5.88 Å². The van der Waals surface area contributed by atoms with Gasteiger partial charge < -0.3 is 15.0 Å². The molecule has 0 unspecified atom stereocenters. The second-order valence-corrected chi connectivity index (χ2v) is 8.65. The van der Waals surface area contributed by atoms with E-state index in [1.54, 1.807) is 12.4 Å². The van der Waals surface area contributed by atoms with Crippen molar-refractivity contribution < 1.29 is 9.53 Å². The summed E-state index contributed by atoms with van der Waals surface area (Å²) in [5, 5.41) is 3.07. The predicted molar refractivity (Wildman–Crippen MR) is 124 cm³/mol. The molecule has 1 aliphatic rings. The van der Waals surface area contributed by atoms with Crippen molar-refractivity contribution in [1.29, 1.82) is 0 Å². The quantitative estimate of drug-likeness (QED) is 0.544. The van der Waals surface area contributed by atoms with E-state index in [0.29, 0.717) is 30.5 Å². The maximum Gasteiger partial charge on any atom is 0.263 e. The molecule has 7 heteroatoms. The van der Waals surface area contributed by atoms with E-state index in [2.05, 4.69) is 36.1 Å². The Morgan fingerprint density at radius 2 is 2.00 bits per heavy atom. The van der Waals surface area contributed by atoms with Crippen molar-refractivity contribution in [3.63, 3.8) is 0 Å². The van der Waals surface area contributed by atoms with Crippen molar-refractivity contribution in [3.05, 3.63) is 76.5 Å². The van der Waals surface area contributed by atoms with Gasteiger partial charge in [0.2, 0.25) is 5.91 Å². The minimum Gasteiger partial charge on any atom is -0.436 e. The summed E-state index contributed by atoms with van der Waals surface area (Å²) < 4.78 is 7.02. The van der Waals surface area contributed by atoms with Crippen LogP contribution in [0, 0.1) is 12.8 Å². The molecule has 1 saturated heterocycles. The Labute approximate surface area is 190 Å². The average molecular weight is 481 g/mol. The first kappa shape index (κ1) is 21.3. The van der Waals surface area contributed by atoms with Crippen LogP contribution in [0.5, 0.6) is 11.6 Å². The Hall–Kier alpha value is -2.93. The molecule has 2 aromatic carbocycles. The third-order valence-electron chi connectivity index (χ3n) is 5.33. The fourth-order valence-electron chi connectivity index (χ4n) is 3.69. The number of carbonyl (C=O) groups is 1. The van der Waals surface area contributed by atoms with Gasteiger partial charge in [-0.05, 0) is 49.6 Å². The minimum atomic E-state index is -0.102. The van der Waals surface area contributed by atoms with Gasteiger partial charge in [0.05, 0.1) is 5.92 Å². The molecular weight excluding hydrogens is 456 g/mol. The van der Waals surface area contributed by atoms with Crippen LogP contribution in [0.15, 0.2) is 65.4 Å². The van der Waals surface area contributed by atoms with E-state index in [0.717, 1.165) is 29.4 Å². The molecule has 0 radical (unpaired) electrons. The van der Waals surface area contributed by atoms with E-state index in [1.165, 1.54) is 5.56 Å². The molecule has 1 amide bonds. The van der Waals surface area contributed by atoms with Crippen molar-refractivity contribution >= 4 is 27.7 Å². The van der Waals surface area contributed by atoms with Crippen LogP contribution in [-0.4, -0.2) is 29.0 Å². The van der Waals surface area contributed by atoms with E-state index in [4.69, 9.17) is 4.74 Å². The SMILES string of the molecule is Cc1ccc(Oc2nccnc2N2CCC[C@@H](C(=O)NCc3cccc(Br)c3)C2)cc1. The molecule has 4 rings (SSSR count). The Kier molecular flexibility index (Phi) is 6.82. The molecule has 0 spiro atoms. The van der Waals surface area contributed by atoms with E-state index in [9.17, 15) is 4.79 Å². The standard InChI is InChI=1S/C24H25BrN4O2/c1-17-7-9-21(10-8-17)31-24-22(26-11-12-27-24)29-13-3-5-19(16-29)23(30)28-15-18-4-2-6-20(25)14-18/h2,4,6-12,14,19H,3,5,13,15-16H2,1H3,(H,28,30)/t19-/m1/s1. The number of hydrogen-bond donors (Lipinski definition) is 1. The van der Waals surface area contributed by atoms with Crippen LogP contribution < -0.4 is 15.0 Å². The number of nitrogens with zero attached hydrogens (tertiary/aromatic N) is 3. The van der Waals surface area contributed by atoms with E-state index in [-0.39, 0.29) is 11.8 Å². The van der Waals surface area contributed by atoms with E-state index < -0.39 is 0 Å². The molecule has 1 N–H and O–H groups in total.